The van der Waals surface area contributed by atoms with E-state index >= 15 is 0 Å². The molecule has 170 valence electrons. The number of carbonyl (C=O) groups is 1. The molecule has 10 heteroatoms. The Labute approximate surface area is 205 Å². The number of hydrogen-bond acceptors (Lipinski definition) is 5. The van der Waals surface area contributed by atoms with Gasteiger partial charge in [0, 0.05) is 22.8 Å². The highest BCUT2D eigenvalue weighted by atomic mass is 79.9. The van der Waals surface area contributed by atoms with E-state index in [0.717, 1.165) is 5.56 Å². The summed E-state index contributed by atoms with van der Waals surface area (Å²) in [4.78, 5) is 17.3. The van der Waals surface area contributed by atoms with Crippen LogP contribution in [0.4, 0.5) is 5.69 Å². The number of rotatable bonds is 7. The van der Waals surface area contributed by atoms with Crippen LogP contribution in [0.15, 0.2) is 41.3 Å². The molecule has 2 aromatic heterocycles. The fraction of sp³-hybridized carbons (Fsp3) is 0.318. The summed E-state index contributed by atoms with van der Waals surface area (Å²) >= 11 is 15.7. The second kappa shape index (κ2) is 10.1. The lowest BCUT2D eigenvalue weighted by atomic mass is 10.0. The number of pyridine rings is 1. The van der Waals surface area contributed by atoms with Crippen molar-refractivity contribution in [3.05, 3.63) is 79.2 Å². The summed E-state index contributed by atoms with van der Waals surface area (Å²) in [7, 11) is 0. The highest BCUT2D eigenvalue weighted by molar-refractivity contribution is 9.10. The van der Waals surface area contributed by atoms with Crippen LogP contribution in [0.1, 0.15) is 60.3 Å². The van der Waals surface area contributed by atoms with Crippen molar-refractivity contribution in [2.75, 3.05) is 11.9 Å². The molecule has 1 aromatic carbocycles. The smallest absolute Gasteiger partial charge is 0.358 e. The van der Waals surface area contributed by atoms with E-state index in [1.807, 2.05) is 31.4 Å². The maximum Gasteiger partial charge on any atom is 0.358 e. The number of ether oxygens (including phenoxy) is 1. The van der Waals surface area contributed by atoms with Gasteiger partial charge in [0.25, 0.3) is 0 Å². The van der Waals surface area contributed by atoms with Crippen LogP contribution in [0.5, 0.6) is 0 Å². The van der Waals surface area contributed by atoms with Gasteiger partial charge < -0.3 is 19.8 Å². The SMILES string of the molecule is CCOC(=O)c1nc(Br)n(C(C)C)c1C(Nc1cc(Cl)ccc1C)c1ccc(Cl)c[n+]1[O-]. The molecule has 7 nitrogen and oxygen atoms in total. The summed E-state index contributed by atoms with van der Waals surface area (Å²) in [5, 5.41) is 17.1. The molecule has 0 aliphatic heterocycles. The lowest BCUT2D eigenvalue weighted by Gasteiger charge is -2.24. The number of benzene rings is 1. The molecule has 0 spiro atoms. The first-order chi connectivity index (χ1) is 15.1. The van der Waals surface area contributed by atoms with Crippen LogP contribution in [-0.2, 0) is 4.74 Å². The van der Waals surface area contributed by atoms with Crippen molar-refractivity contribution in [1.82, 2.24) is 9.55 Å². The summed E-state index contributed by atoms with van der Waals surface area (Å²) in [6.45, 7) is 7.75. The molecule has 0 bridgehead atoms. The molecule has 1 atom stereocenters. The zero-order valence-electron chi connectivity index (χ0n) is 18.0. The maximum absolute atomic E-state index is 12.9. The van der Waals surface area contributed by atoms with Gasteiger partial charge in [-0.15, -0.1) is 0 Å². The summed E-state index contributed by atoms with van der Waals surface area (Å²) in [6, 6.07) is 7.83. The molecule has 32 heavy (non-hydrogen) atoms. The van der Waals surface area contributed by atoms with E-state index in [9.17, 15) is 10.0 Å². The summed E-state index contributed by atoms with van der Waals surface area (Å²) < 4.78 is 8.23. The minimum atomic E-state index is -0.762. The molecule has 0 saturated carbocycles. The zero-order chi connectivity index (χ0) is 23.6. The molecule has 0 amide bonds. The van der Waals surface area contributed by atoms with Crippen LogP contribution in [0.3, 0.4) is 0 Å². The summed E-state index contributed by atoms with van der Waals surface area (Å²) in [6.07, 6.45) is 1.27. The lowest BCUT2D eigenvalue weighted by molar-refractivity contribution is -0.614. The predicted molar refractivity (Wildman–Crippen MR) is 128 cm³/mol. The third-order valence-corrected chi connectivity index (χ3v) is 5.89. The molecule has 3 aromatic rings. The van der Waals surface area contributed by atoms with Crippen LogP contribution in [0.2, 0.25) is 10.0 Å². The Morgan fingerprint density at radius 3 is 2.59 bits per heavy atom. The number of imidazole rings is 1. The van der Waals surface area contributed by atoms with Crippen molar-refractivity contribution in [3.8, 4) is 0 Å². The molecule has 0 radical (unpaired) electrons. The number of nitrogens with one attached hydrogen (secondary N) is 1. The molecule has 1 N–H and O–H groups in total. The van der Waals surface area contributed by atoms with Gasteiger partial charge in [-0.2, -0.15) is 4.73 Å². The van der Waals surface area contributed by atoms with Gasteiger partial charge in [0.05, 0.1) is 12.3 Å². The zero-order valence-corrected chi connectivity index (χ0v) is 21.1. The van der Waals surface area contributed by atoms with E-state index in [2.05, 4.69) is 26.2 Å². The molecule has 0 fully saturated rings. The van der Waals surface area contributed by atoms with Gasteiger partial charge >= 0.3 is 5.97 Å². The molecule has 3 rings (SSSR count). The molecule has 1 unspecified atom stereocenters. The number of aromatic nitrogens is 3. The van der Waals surface area contributed by atoms with Gasteiger partial charge in [0.15, 0.2) is 22.7 Å². The normalized spacial score (nSPS) is 12.1. The van der Waals surface area contributed by atoms with Crippen LogP contribution in [-0.4, -0.2) is 22.1 Å². The number of anilines is 1. The van der Waals surface area contributed by atoms with E-state index < -0.39 is 12.0 Å². The van der Waals surface area contributed by atoms with Gasteiger partial charge in [-0.05, 0) is 67.4 Å². The van der Waals surface area contributed by atoms with Crippen molar-refractivity contribution in [3.63, 3.8) is 0 Å². The first-order valence-corrected chi connectivity index (χ1v) is 11.5. The first kappa shape index (κ1) is 24.4. The van der Waals surface area contributed by atoms with Crippen molar-refractivity contribution in [2.24, 2.45) is 0 Å². The van der Waals surface area contributed by atoms with Crippen LogP contribution >= 0.6 is 39.1 Å². The lowest BCUT2D eigenvalue weighted by Crippen LogP contribution is -2.37. The highest BCUT2D eigenvalue weighted by Crippen LogP contribution is 2.34. The van der Waals surface area contributed by atoms with E-state index in [1.54, 1.807) is 31.2 Å². The maximum atomic E-state index is 12.9. The Hall–Kier alpha value is -2.29. The molecule has 2 heterocycles. The summed E-state index contributed by atoms with van der Waals surface area (Å²) in [5.74, 6) is -0.580. The quantitative estimate of drug-likeness (QED) is 0.230. The van der Waals surface area contributed by atoms with Gasteiger partial charge in [0.2, 0.25) is 5.69 Å². The Kier molecular flexibility index (Phi) is 7.69. The number of hydrogen-bond donors (Lipinski definition) is 1. The predicted octanol–water partition coefficient (Wildman–Crippen LogP) is 5.85. The Morgan fingerprint density at radius 2 is 1.97 bits per heavy atom. The number of nitrogens with zero attached hydrogens (tertiary/aromatic N) is 3. The second-order valence-electron chi connectivity index (χ2n) is 7.43. The average Bonchev–Trinajstić information content (AvgIpc) is 3.06. The first-order valence-electron chi connectivity index (χ1n) is 10.00. The fourth-order valence-corrected chi connectivity index (χ4v) is 4.51. The topological polar surface area (TPSA) is 83.1 Å². The largest absolute Gasteiger partial charge is 0.618 e. The van der Waals surface area contributed by atoms with E-state index in [-0.39, 0.29) is 18.3 Å². The third kappa shape index (κ3) is 5.03. The van der Waals surface area contributed by atoms with Gasteiger partial charge in [0.1, 0.15) is 5.02 Å². The van der Waals surface area contributed by atoms with Gasteiger partial charge in [-0.25, -0.2) is 9.78 Å². The summed E-state index contributed by atoms with van der Waals surface area (Å²) in [5.41, 5.74) is 2.54. The van der Waals surface area contributed by atoms with Crippen LogP contribution in [0, 0.1) is 12.1 Å². The number of esters is 1. The molecule has 0 saturated heterocycles. The van der Waals surface area contributed by atoms with Gasteiger partial charge in [-0.3, -0.25) is 0 Å². The minimum absolute atomic E-state index is 0.0767. The molecule has 0 aliphatic rings. The van der Waals surface area contributed by atoms with E-state index in [0.29, 0.717) is 36.6 Å². The monoisotopic (exact) mass is 540 g/mol. The van der Waals surface area contributed by atoms with E-state index in [4.69, 9.17) is 27.9 Å². The number of aryl methyl sites for hydroxylation is 1. The molecule has 0 aliphatic carbocycles. The number of halogens is 3. The van der Waals surface area contributed by atoms with Crippen molar-refractivity contribution < 1.29 is 14.3 Å². The van der Waals surface area contributed by atoms with Crippen LogP contribution < -0.4 is 10.0 Å². The third-order valence-electron chi connectivity index (χ3n) is 4.87. The molecular formula is C22H23BrCl2N4O3. The fourth-order valence-electron chi connectivity index (χ4n) is 3.41. The minimum Gasteiger partial charge on any atom is -0.618 e. The van der Waals surface area contributed by atoms with E-state index in [1.165, 1.54) is 6.20 Å². The standard InChI is InChI=1S/C22H23BrCl2N4O3/c1-5-32-21(30)19-20(29(12(2)3)22(23)27-19)18(17-9-8-15(25)11-28(17)31)26-16-10-14(24)7-6-13(16)4/h6-12,18,26H,5H2,1-4H3. The Bertz CT molecular complexity index is 1150. The van der Waals surface area contributed by atoms with Crippen LogP contribution in [0.25, 0.3) is 0 Å². The van der Waals surface area contributed by atoms with Gasteiger partial charge in [-0.1, -0.05) is 29.3 Å². The van der Waals surface area contributed by atoms with Crippen molar-refractivity contribution >= 4 is 50.8 Å². The highest BCUT2D eigenvalue weighted by Gasteiger charge is 2.34. The van der Waals surface area contributed by atoms with Crippen molar-refractivity contribution in [1.29, 1.82) is 0 Å². The average molecular weight is 542 g/mol. The Balaban J connectivity index is 2.30. The Morgan fingerprint density at radius 1 is 1.28 bits per heavy atom. The second-order valence-corrected chi connectivity index (χ2v) is 9.02. The number of carbonyl (C=O) groups excluding carboxylic acids is 1. The van der Waals surface area contributed by atoms with Crippen molar-refractivity contribution in [2.45, 2.75) is 39.8 Å². The molecular weight excluding hydrogens is 519 g/mol.